The van der Waals surface area contributed by atoms with Crippen molar-refractivity contribution in [2.24, 2.45) is 5.41 Å². The van der Waals surface area contributed by atoms with Crippen LogP contribution < -0.4 is 10.4 Å². The maximum atomic E-state index is 11.6. The van der Waals surface area contributed by atoms with Crippen LogP contribution in [0, 0.1) is 5.41 Å². The molecule has 1 fully saturated rings. The molecule has 0 aromatic heterocycles. The van der Waals surface area contributed by atoms with E-state index in [1.165, 1.54) is 28.6 Å². The highest BCUT2D eigenvalue weighted by Gasteiger charge is 2.52. The van der Waals surface area contributed by atoms with Gasteiger partial charge in [-0.1, -0.05) is 99.6 Å². The van der Waals surface area contributed by atoms with Crippen LogP contribution in [0.4, 0.5) is 0 Å². The summed E-state index contributed by atoms with van der Waals surface area (Å²) in [6.07, 6.45) is 3.56. The lowest BCUT2D eigenvalue weighted by Crippen LogP contribution is -2.67. The Kier molecular flexibility index (Phi) is 6.53. The highest BCUT2D eigenvalue weighted by molar-refractivity contribution is 8.13. The van der Waals surface area contributed by atoms with Crippen LogP contribution in [-0.2, 0) is 9.22 Å². The Morgan fingerprint density at radius 2 is 1.50 bits per heavy atom. The van der Waals surface area contributed by atoms with Crippen LogP contribution >= 0.6 is 11.8 Å². The van der Waals surface area contributed by atoms with Crippen molar-refractivity contribution in [3.05, 3.63) is 60.7 Å². The van der Waals surface area contributed by atoms with Crippen LogP contribution in [0.2, 0.25) is 5.04 Å². The monoisotopic (exact) mass is 412 g/mol. The lowest BCUT2D eigenvalue weighted by atomic mass is 9.71. The number of hydrogen-bond acceptors (Lipinski definition) is 3. The Labute approximate surface area is 175 Å². The Hall–Kier alpha value is -1.36. The number of carbonyl (C=O) groups is 1. The Morgan fingerprint density at radius 3 is 1.86 bits per heavy atom. The SMILES string of the molecule is CC(=O)SCC1(CO[Si](c2ccccc2)(c2ccccc2)C(C)(C)C)CCC1. The summed E-state index contributed by atoms with van der Waals surface area (Å²) < 4.78 is 7.12. The van der Waals surface area contributed by atoms with Gasteiger partial charge in [-0.3, -0.25) is 4.79 Å². The molecule has 0 radical (unpaired) electrons. The fraction of sp³-hybridized carbons (Fsp3) is 0.458. The van der Waals surface area contributed by atoms with E-state index >= 15 is 0 Å². The topological polar surface area (TPSA) is 26.3 Å². The van der Waals surface area contributed by atoms with Crippen molar-refractivity contribution in [1.29, 1.82) is 0 Å². The van der Waals surface area contributed by atoms with Gasteiger partial charge in [-0.2, -0.15) is 0 Å². The second-order valence-electron chi connectivity index (χ2n) is 9.09. The number of benzene rings is 2. The number of carbonyl (C=O) groups excluding carboxylic acids is 1. The van der Waals surface area contributed by atoms with Crippen molar-refractivity contribution >= 4 is 35.6 Å². The predicted octanol–water partition coefficient (Wildman–Crippen LogP) is 5.01. The molecule has 150 valence electrons. The third-order valence-corrected chi connectivity index (χ3v) is 12.2. The first-order valence-corrected chi connectivity index (χ1v) is 13.1. The molecule has 2 nitrogen and oxygen atoms in total. The molecule has 4 heteroatoms. The standard InChI is InChI=1S/C24H32O2SSi/c1-20(25)27-19-24(16-11-17-24)18-26-28(23(2,3)4,21-12-7-5-8-13-21)22-14-9-6-10-15-22/h5-10,12-15H,11,16-19H2,1-4H3. The summed E-state index contributed by atoms with van der Waals surface area (Å²) in [6.45, 7) is 9.35. The molecule has 2 aromatic carbocycles. The van der Waals surface area contributed by atoms with E-state index in [4.69, 9.17) is 4.43 Å². The third-order valence-electron chi connectivity index (χ3n) is 6.01. The van der Waals surface area contributed by atoms with Gasteiger partial charge in [0, 0.05) is 24.7 Å². The summed E-state index contributed by atoms with van der Waals surface area (Å²) in [6, 6.07) is 21.6. The minimum atomic E-state index is -2.49. The van der Waals surface area contributed by atoms with Crippen LogP contribution in [-0.4, -0.2) is 25.8 Å². The normalized spacial score (nSPS) is 16.4. The Balaban J connectivity index is 2.00. The lowest BCUT2D eigenvalue weighted by molar-refractivity contribution is -0.109. The Morgan fingerprint density at radius 1 is 1.00 bits per heavy atom. The van der Waals surface area contributed by atoms with Crippen molar-refractivity contribution < 1.29 is 9.22 Å². The largest absolute Gasteiger partial charge is 0.407 e. The number of hydrogen-bond donors (Lipinski definition) is 0. The number of thioether (sulfide) groups is 1. The van der Waals surface area contributed by atoms with Gasteiger partial charge in [0.15, 0.2) is 5.12 Å². The van der Waals surface area contributed by atoms with E-state index in [0.29, 0.717) is 0 Å². The third kappa shape index (κ3) is 4.29. The molecule has 0 saturated heterocycles. The summed E-state index contributed by atoms with van der Waals surface area (Å²) >= 11 is 1.46. The second-order valence-corrected chi connectivity index (χ2v) is 14.5. The first kappa shape index (κ1) is 21.3. The molecule has 0 aliphatic heterocycles. The van der Waals surface area contributed by atoms with Gasteiger partial charge in [0.25, 0.3) is 8.32 Å². The molecule has 0 bridgehead atoms. The van der Waals surface area contributed by atoms with Crippen molar-refractivity contribution in [2.75, 3.05) is 12.4 Å². The zero-order valence-corrected chi connectivity index (χ0v) is 19.4. The molecular weight excluding hydrogens is 380 g/mol. The lowest BCUT2D eigenvalue weighted by Gasteiger charge is -2.48. The van der Waals surface area contributed by atoms with Crippen molar-refractivity contribution in [3.8, 4) is 0 Å². The summed E-state index contributed by atoms with van der Waals surface area (Å²) in [4.78, 5) is 11.6. The molecule has 0 unspecified atom stereocenters. The molecule has 0 atom stereocenters. The predicted molar refractivity (Wildman–Crippen MR) is 123 cm³/mol. The van der Waals surface area contributed by atoms with Gasteiger partial charge in [-0.15, -0.1) is 0 Å². The summed E-state index contributed by atoms with van der Waals surface area (Å²) in [5.41, 5.74) is 0.142. The molecular formula is C24H32O2SSi. The van der Waals surface area contributed by atoms with Gasteiger partial charge in [-0.25, -0.2) is 0 Å². The first-order valence-electron chi connectivity index (χ1n) is 10.2. The van der Waals surface area contributed by atoms with E-state index in [1.54, 1.807) is 6.92 Å². The summed E-state index contributed by atoms with van der Waals surface area (Å²) in [5, 5.41) is 2.84. The maximum Gasteiger partial charge on any atom is 0.261 e. The van der Waals surface area contributed by atoms with Crippen molar-refractivity contribution in [1.82, 2.24) is 0 Å². The smallest absolute Gasteiger partial charge is 0.261 e. The van der Waals surface area contributed by atoms with Gasteiger partial charge in [-0.05, 0) is 28.3 Å². The quantitative estimate of drug-likeness (QED) is 0.598. The van der Waals surface area contributed by atoms with Gasteiger partial charge in [0.2, 0.25) is 0 Å². The highest BCUT2D eigenvalue weighted by Crippen LogP contribution is 2.46. The van der Waals surface area contributed by atoms with Crippen LogP contribution in [0.5, 0.6) is 0 Å². The van der Waals surface area contributed by atoms with E-state index in [-0.39, 0.29) is 15.6 Å². The minimum Gasteiger partial charge on any atom is -0.407 e. The molecule has 1 aliphatic rings. The van der Waals surface area contributed by atoms with E-state index < -0.39 is 8.32 Å². The van der Waals surface area contributed by atoms with E-state index in [1.807, 2.05) is 0 Å². The molecule has 0 N–H and O–H groups in total. The van der Waals surface area contributed by atoms with Gasteiger partial charge >= 0.3 is 0 Å². The highest BCUT2D eigenvalue weighted by atomic mass is 32.2. The summed E-state index contributed by atoms with van der Waals surface area (Å²) in [5.74, 6) is 0.876. The first-order chi connectivity index (χ1) is 13.3. The molecule has 1 aliphatic carbocycles. The fourth-order valence-electron chi connectivity index (χ4n) is 4.28. The second kappa shape index (κ2) is 8.56. The molecule has 2 aromatic rings. The Bertz CT molecular complexity index is 740. The molecule has 0 amide bonds. The number of rotatable bonds is 7. The van der Waals surface area contributed by atoms with Crippen LogP contribution in [0.25, 0.3) is 0 Å². The van der Waals surface area contributed by atoms with E-state index in [0.717, 1.165) is 25.2 Å². The van der Waals surface area contributed by atoms with Crippen LogP contribution in [0.3, 0.4) is 0 Å². The average Bonchev–Trinajstić information content (AvgIpc) is 2.64. The molecule has 3 rings (SSSR count). The van der Waals surface area contributed by atoms with E-state index in [9.17, 15) is 4.79 Å². The van der Waals surface area contributed by atoms with Crippen LogP contribution in [0.1, 0.15) is 47.0 Å². The fourth-order valence-corrected chi connectivity index (χ4v) is 9.84. The zero-order valence-electron chi connectivity index (χ0n) is 17.5. The van der Waals surface area contributed by atoms with Gasteiger partial charge in [0.05, 0.1) is 0 Å². The minimum absolute atomic E-state index is 0.00559. The van der Waals surface area contributed by atoms with E-state index in [2.05, 4.69) is 81.4 Å². The van der Waals surface area contributed by atoms with Gasteiger partial charge in [0.1, 0.15) is 0 Å². The summed E-state index contributed by atoms with van der Waals surface area (Å²) in [7, 11) is -2.49. The van der Waals surface area contributed by atoms with Crippen LogP contribution in [0.15, 0.2) is 60.7 Å². The van der Waals surface area contributed by atoms with Crippen molar-refractivity contribution in [3.63, 3.8) is 0 Å². The van der Waals surface area contributed by atoms with Crippen molar-refractivity contribution in [2.45, 2.75) is 52.0 Å². The molecule has 28 heavy (non-hydrogen) atoms. The average molecular weight is 413 g/mol. The maximum absolute atomic E-state index is 11.6. The molecule has 1 saturated carbocycles. The molecule has 0 heterocycles. The molecule has 0 spiro atoms. The van der Waals surface area contributed by atoms with Gasteiger partial charge < -0.3 is 4.43 Å². The zero-order chi connectivity index (χ0) is 20.3.